The van der Waals surface area contributed by atoms with Crippen LogP contribution in [0, 0.1) is 22.7 Å². The molecule has 4 heteroatoms. The number of hydrogen-bond acceptors (Lipinski definition) is 4. The van der Waals surface area contributed by atoms with Gasteiger partial charge in [-0.1, -0.05) is 61.9 Å². The number of benzene rings is 2. The smallest absolute Gasteiger partial charge is 0.185 e. The lowest BCUT2D eigenvalue weighted by Crippen LogP contribution is -2.60. The molecule has 0 heterocycles. The van der Waals surface area contributed by atoms with E-state index < -0.39 is 16.6 Å². The number of carbonyl (C=O) groups is 1. The van der Waals surface area contributed by atoms with Crippen molar-refractivity contribution in [1.29, 1.82) is 0 Å². The van der Waals surface area contributed by atoms with Crippen LogP contribution in [0.2, 0.25) is 0 Å². The lowest BCUT2D eigenvalue weighted by Gasteiger charge is -2.54. The molecule has 1 unspecified atom stereocenters. The molecule has 4 nitrogen and oxygen atoms in total. The Labute approximate surface area is 189 Å². The van der Waals surface area contributed by atoms with E-state index in [-0.39, 0.29) is 23.4 Å². The fraction of sp³-hybridized carbons (Fsp3) is 0.464. The molecule has 2 bridgehead atoms. The normalized spacial score (nSPS) is 35.3. The van der Waals surface area contributed by atoms with Crippen LogP contribution in [0.15, 0.2) is 60.7 Å². The Hall–Kier alpha value is -2.43. The molecule has 3 aliphatic rings. The number of fused-ring (bicyclic) bond motifs is 1. The first-order chi connectivity index (χ1) is 15.3. The van der Waals surface area contributed by atoms with E-state index >= 15 is 0 Å². The number of ether oxygens (including phenoxy) is 1. The monoisotopic (exact) mass is 432 g/mol. The van der Waals surface area contributed by atoms with Crippen molar-refractivity contribution in [3.63, 3.8) is 0 Å². The first kappa shape index (κ1) is 21.4. The molecular weight excluding hydrogens is 400 g/mol. The minimum atomic E-state index is -1.45. The Morgan fingerprint density at radius 1 is 1.19 bits per heavy atom. The van der Waals surface area contributed by atoms with Gasteiger partial charge in [-0.3, -0.25) is 4.79 Å². The van der Waals surface area contributed by atoms with Crippen LogP contribution in [0.5, 0.6) is 5.75 Å². The van der Waals surface area contributed by atoms with Gasteiger partial charge in [0.1, 0.15) is 11.5 Å². The van der Waals surface area contributed by atoms with Crippen molar-refractivity contribution < 1.29 is 19.7 Å². The number of rotatable bonds is 6. The highest BCUT2D eigenvalue weighted by atomic mass is 16.6. The van der Waals surface area contributed by atoms with Crippen LogP contribution < -0.4 is 0 Å². The summed E-state index contributed by atoms with van der Waals surface area (Å²) in [5, 5.41) is 21.6. The maximum Gasteiger partial charge on any atom is 0.185 e. The summed E-state index contributed by atoms with van der Waals surface area (Å²) in [5.41, 5.74) is 2.70. The number of aromatic hydroxyl groups is 1. The second-order valence-corrected chi connectivity index (χ2v) is 10.1. The van der Waals surface area contributed by atoms with E-state index in [1.165, 1.54) is 7.11 Å². The predicted molar refractivity (Wildman–Crippen MR) is 124 cm³/mol. The molecule has 32 heavy (non-hydrogen) atoms. The van der Waals surface area contributed by atoms with E-state index in [0.29, 0.717) is 12.8 Å². The summed E-state index contributed by atoms with van der Waals surface area (Å²) in [4.78, 5) is 14.0. The summed E-state index contributed by atoms with van der Waals surface area (Å²) >= 11 is 0. The van der Waals surface area contributed by atoms with Gasteiger partial charge in [-0.15, -0.1) is 0 Å². The molecular formula is C28H32O4. The fourth-order valence-corrected chi connectivity index (χ4v) is 7.53. The fourth-order valence-electron chi connectivity index (χ4n) is 7.53. The Bertz CT molecular complexity index is 1090. The van der Waals surface area contributed by atoms with Crippen molar-refractivity contribution in [3.8, 4) is 16.9 Å². The average molecular weight is 433 g/mol. The standard InChI is InChI=1S/C28H32O4/c1-18-24-17-22-10-6-14-26(18,2)27(22,28(24,31)32-3)25(30)13-12-19-7-4-8-20(15-19)21-9-5-11-23(29)16-21/h4-5,7-9,11,15-16,22,24,29,31H,1,6,10,12-14,17H2,2-3H3/t22?,24-,26+,27-,28+/m1/s1. The summed E-state index contributed by atoms with van der Waals surface area (Å²) in [6, 6.07) is 15.3. The van der Waals surface area contributed by atoms with Crippen molar-refractivity contribution in [2.75, 3.05) is 7.11 Å². The second-order valence-electron chi connectivity index (χ2n) is 10.1. The van der Waals surface area contributed by atoms with Crippen LogP contribution in [0.4, 0.5) is 0 Å². The van der Waals surface area contributed by atoms with Gasteiger partial charge in [-0.25, -0.2) is 0 Å². The third kappa shape index (κ3) is 2.60. The second kappa shape index (κ2) is 7.29. The number of aliphatic hydroxyl groups is 1. The van der Waals surface area contributed by atoms with Gasteiger partial charge in [-0.05, 0) is 60.4 Å². The Balaban J connectivity index is 1.44. The van der Waals surface area contributed by atoms with E-state index in [0.717, 1.165) is 47.9 Å². The summed E-state index contributed by atoms with van der Waals surface area (Å²) in [6.07, 6.45) is 4.66. The highest BCUT2D eigenvalue weighted by molar-refractivity contribution is 5.90. The highest BCUT2D eigenvalue weighted by Gasteiger charge is 2.82. The molecule has 168 valence electrons. The third-order valence-electron chi connectivity index (χ3n) is 8.90. The molecule has 3 saturated carbocycles. The lowest BCUT2D eigenvalue weighted by molar-refractivity contribution is -0.265. The van der Waals surface area contributed by atoms with Gasteiger partial charge in [0.25, 0.3) is 0 Å². The average Bonchev–Trinajstić information content (AvgIpc) is 3.15. The number of carbonyl (C=O) groups excluding carboxylic acids is 1. The topological polar surface area (TPSA) is 66.8 Å². The number of ketones is 1. The van der Waals surface area contributed by atoms with Crippen molar-refractivity contribution in [1.82, 2.24) is 0 Å². The molecule has 0 aliphatic heterocycles. The molecule has 3 fully saturated rings. The number of phenolic OH excluding ortho intramolecular Hbond substituents is 1. The molecule has 0 amide bonds. The van der Waals surface area contributed by atoms with Gasteiger partial charge in [-0.2, -0.15) is 0 Å². The number of hydrogen-bond donors (Lipinski definition) is 2. The maximum atomic E-state index is 14.0. The number of methoxy groups -OCH3 is 1. The maximum absolute atomic E-state index is 14.0. The number of phenols is 1. The molecule has 3 aliphatic carbocycles. The van der Waals surface area contributed by atoms with Crippen molar-refractivity contribution in [2.24, 2.45) is 22.7 Å². The minimum Gasteiger partial charge on any atom is -0.508 e. The van der Waals surface area contributed by atoms with Gasteiger partial charge in [0.15, 0.2) is 5.79 Å². The largest absolute Gasteiger partial charge is 0.508 e. The van der Waals surface area contributed by atoms with Crippen molar-refractivity contribution in [3.05, 3.63) is 66.2 Å². The minimum absolute atomic E-state index is 0.109. The summed E-state index contributed by atoms with van der Waals surface area (Å²) in [7, 11) is 1.54. The summed E-state index contributed by atoms with van der Waals surface area (Å²) in [6.45, 7) is 6.49. The van der Waals surface area contributed by atoms with Crippen molar-refractivity contribution >= 4 is 5.78 Å². The van der Waals surface area contributed by atoms with Gasteiger partial charge >= 0.3 is 0 Å². The van der Waals surface area contributed by atoms with Gasteiger partial charge < -0.3 is 14.9 Å². The zero-order chi connectivity index (χ0) is 22.7. The molecule has 0 spiro atoms. The predicted octanol–water partition coefficient (Wildman–Crippen LogP) is 5.28. The molecule has 2 aromatic carbocycles. The first-order valence-electron chi connectivity index (χ1n) is 11.7. The Morgan fingerprint density at radius 2 is 1.91 bits per heavy atom. The number of Topliss-reactive ketones (excluding diaryl/α,β-unsaturated/α-hetero) is 1. The van der Waals surface area contributed by atoms with Gasteiger partial charge in [0.2, 0.25) is 0 Å². The van der Waals surface area contributed by atoms with E-state index in [4.69, 9.17) is 4.74 Å². The van der Waals surface area contributed by atoms with E-state index in [1.807, 2.05) is 30.3 Å². The van der Waals surface area contributed by atoms with Gasteiger partial charge in [0.05, 0.1) is 5.41 Å². The Morgan fingerprint density at radius 3 is 2.62 bits per heavy atom. The van der Waals surface area contributed by atoms with E-state index in [1.54, 1.807) is 12.1 Å². The van der Waals surface area contributed by atoms with Crippen LogP contribution >= 0.6 is 0 Å². The molecule has 5 rings (SSSR count). The SMILES string of the molecule is C=C1[C@H]2CC3CCC[C@]1(C)[C@@]3(C(=O)CCc1cccc(-c3cccc(O)c3)c1)[C@@]2(O)OC. The summed E-state index contributed by atoms with van der Waals surface area (Å²) < 4.78 is 5.77. The van der Waals surface area contributed by atoms with Crippen LogP contribution in [-0.2, 0) is 16.0 Å². The first-order valence-corrected chi connectivity index (χ1v) is 11.7. The molecule has 2 N–H and O–H groups in total. The highest BCUT2D eigenvalue weighted by Crippen LogP contribution is 2.78. The van der Waals surface area contributed by atoms with Gasteiger partial charge in [0, 0.05) is 24.9 Å². The molecule has 0 aromatic heterocycles. The van der Waals surface area contributed by atoms with E-state index in [2.05, 4.69) is 19.6 Å². The molecule has 2 aromatic rings. The molecule has 0 saturated heterocycles. The van der Waals surface area contributed by atoms with Crippen molar-refractivity contribution in [2.45, 2.75) is 51.2 Å². The zero-order valence-electron chi connectivity index (χ0n) is 18.9. The Kier molecular flexibility index (Phi) is 4.88. The van der Waals surface area contributed by atoms with Crippen LogP contribution in [0.25, 0.3) is 11.1 Å². The van der Waals surface area contributed by atoms with Crippen LogP contribution in [-0.4, -0.2) is 28.9 Å². The lowest BCUT2D eigenvalue weighted by atomic mass is 9.49. The quantitative estimate of drug-likeness (QED) is 0.482. The summed E-state index contributed by atoms with van der Waals surface area (Å²) in [5.74, 6) is -1.13. The van der Waals surface area contributed by atoms with E-state index in [9.17, 15) is 15.0 Å². The molecule has 0 radical (unpaired) electrons. The zero-order valence-corrected chi connectivity index (χ0v) is 18.9. The third-order valence-corrected chi connectivity index (χ3v) is 8.90. The van der Waals surface area contributed by atoms with Crippen LogP contribution in [0.1, 0.15) is 44.6 Å². The number of aryl methyl sites for hydroxylation is 1. The van der Waals surface area contributed by atoms with Crippen LogP contribution in [0.3, 0.4) is 0 Å². The molecule has 5 atom stereocenters.